The van der Waals surface area contributed by atoms with E-state index in [2.05, 4.69) is 46.6 Å². The van der Waals surface area contributed by atoms with E-state index in [-0.39, 0.29) is 5.78 Å². The van der Waals surface area contributed by atoms with E-state index < -0.39 is 0 Å². The lowest BCUT2D eigenvalue weighted by Crippen LogP contribution is -2.30. The predicted octanol–water partition coefficient (Wildman–Crippen LogP) is 2.65. The van der Waals surface area contributed by atoms with Crippen molar-refractivity contribution in [2.24, 2.45) is 0 Å². The second-order valence-electron chi connectivity index (χ2n) is 5.44. The van der Waals surface area contributed by atoms with Crippen LogP contribution in [0.15, 0.2) is 48.5 Å². The Bertz CT molecular complexity index is 634. The van der Waals surface area contributed by atoms with Crippen molar-refractivity contribution in [1.82, 2.24) is 5.32 Å². The highest BCUT2D eigenvalue weighted by atomic mass is 16.1. The van der Waals surface area contributed by atoms with Gasteiger partial charge < -0.3 is 10.2 Å². The Morgan fingerprint density at radius 3 is 2.52 bits per heavy atom. The zero-order valence-electron chi connectivity index (χ0n) is 12.3. The van der Waals surface area contributed by atoms with E-state index in [4.69, 9.17) is 0 Å². The minimum absolute atomic E-state index is 0.132. The van der Waals surface area contributed by atoms with Crippen LogP contribution in [0.25, 0.3) is 0 Å². The van der Waals surface area contributed by atoms with Crippen LogP contribution in [0.4, 0.5) is 5.69 Å². The maximum absolute atomic E-state index is 11.8. The molecule has 3 nitrogen and oxygen atoms in total. The van der Waals surface area contributed by atoms with Gasteiger partial charge in [0.15, 0.2) is 5.78 Å². The van der Waals surface area contributed by atoms with Gasteiger partial charge in [0.2, 0.25) is 0 Å². The van der Waals surface area contributed by atoms with E-state index >= 15 is 0 Å². The van der Waals surface area contributed by atoms with Gasteiger partial charge in [-0.05, 0) is 48.9 Å². The van der Waals surface area contributed by atoms with Gasteiger partial charge in [-0.15, -0.1) is 0 Å². The number of likely N-dealkylation sites (N-methyl/N-ethyl adjacent to an activating group) is 1. The summed E-state index contributed by atoms with van der Waals surface area (Å²) in [7, 11) is 1.79. The minimum atomic E-state index is 0.132. The number of fused-ring (bicyclic) bond motifs is 1. The molecule has 0 saturated heterocycles. The van der Waals surface area contributed by atoms with Gasteiger partial charge in [-0.3, -0.25) is 4.79 Å². The summed E-state index contributed by atoms with van der Waals surface area (Å²) in [6, 6.07) is 16.6. The first-order chi connectivity index (χ1) is 10.3. The van der Waals surface area contributed by atoms with E-state index in [1.165, 1.54) is 16.8 Å². The Labute approximate surface area is 125 Å². The zero-order valence-corrected chi connectivity index (χ0v) is 12.3. The molecule has 108 valence electrons. The highest BCUT2D eigenvalue weighted by Crippen LogP contribution is 2.24. The van der Waals surface area contributed by atoms with Crippen molar-refractivity contribution < 1.29 is 4.79 Å². The summed E-state index contributed by atoms with van der Waals surface area (Å²) in [5.74, 6) is 0.132. The summed E-state index contributed by atoms with van der Waals surface area (Å²) in [5.41, 5.74) is 4.81. The molecule has 1 heterocycles. The number of hydrogen-bond acceptors (Lipinski definition) is 3. The molecule has 3 heteroatoms. The van der Waals surface area contributed by atoms with Crippen LogP contribution in [0.2, 0.25) is 0 Å². The van der Waals surface area contributed by atoms with Crippen molar-refractivity contribution >= 4 is 11.5 Å². The highest BCUT2D eigenvalue weighted by Gasteiger charge is 2.16. The first-order valence-corrected chi connectivity index (χ1v) is 7.37. The quantitative estimate of drug-likeness (QED) is 0.874. The molecule has 0 saturated carbocycles. The molecule has 0 fully saturated rings. The number of nitrogens with one attached hydrogen (secondary N) is 1. The lowest BCUT2D eigenvalue weighted by atomic mass is 9.99. The third-order valence-corrected chi connectivity index (χ3v) is 4.02. The normalized spacial score (nSPS) is 13.9. The zero-order chi connectivity index (χ0) is 14.7. The number of rotatable bonds is 4. The van der Waals surface area contributed by atoms with Crippen molar-refractivity contribution in [3.05, 3.63) is 65.2 Å². The first kappa shape index (κ1) is 13.8. The molecule has 0 spiro atoms. The fourth-order valence-corrected chi connectivity index (χ4v) is 2.84. The fourth-order valence-electron chi connectivity index (χ4n) is 2.84. The molecule has 0 aromatic heterocycles. The monoisotopic (exact) mass is 280 g/mol. The lowest BCUT2D eigenvalue weighted by Gasteiger charge is -2.30. The van der Waals surface area contributed by atoms with Gasteiger partial charge in [0, 0.05) is 24.3 Å². The molecule has 1 N–H and O–H groups in total. The largest absolute Gasteiger partial charge is 0.367 e. The van der Waals surface area contributed by atoms with Gasteiger partial charge in [-0.1, -0.05) is 24.3 Å². The maximum atomic E-state index is 11.8. The summed E-state index contributed by atoms with van der Waals surface area (Å²) >= 11 is 0. The van der Waals surface area contributed by atoms with E-state index in [0.29, 0.717) is 6.54 Å². The lowest BCUT2D eigenvalue weighted by molar-refractivity contribution is 0.0993. The molecule has 0 atom stereocenters. The molecule has 0 bridgehead atoms. The van der Waals surface area contributed by atoms with Crippen LogP contribution in [0, 0.1) is 0 Å². The molecular formula is C18H20N2O. The minimum Gasteiger partial charge on any atom is -0.367 e. The predicted molar refractivity (Wildman–Crippen MR) is 85.9 cm³/mol. The summed E-state index contributed by atoms with van der Waals surface area (Å²) in [4.78, 5) is 14.2. The Kier molecular flexibility index (Phi) is 4.02. The number of benzene rings is 2. The van der Waals surface area contributed by atoms with E-state index in [9.17, 15) is 4.79 Å². The number of hydrogen-bond donors (Lipinski definition) is 1. The standard InChI is InChI=1S/C18H20N2O/c1-19-12-18(21)15-6-8-17(9-7-15)20-11-10-14-4-2-3-5-16(14)13-20/h2-9,19H,10-13H2,1H3. The van der Waals surface area contributed by atoms with E-state index in [1.54, 1.807) is 7.05 Å². The van der Waals surface area contributed by atoms with Gasteiger partial charge in [0.1, 0.15) is 0 Å². The molecule has 2 aromatic rings. The van der Waals surface area contributed by atoms with Crippen LogP contribution >= 0.6 is 0 Å². The summed E-state index contributed by atoms with van der Waals surface area (Å²) in [6.45, 7) is 2.36. The van der Waals surface area contributed by atoms with E-state index in [1.807, 2.05) is 12.1 Å². The third kappa shape index (κ3) is 2.98. The summed E-state index contributed by atoms with van der Waals surface area (Å²) in [6.07, 6.45) is 1.08. The number of nitrogens with zero attached hydrogens (tertiary/aromatic N) is 1. The van der Waals surface area contributed by atoms with Crippen molar-refractivity contribution in [3.63, 3.8) is 0 Å². The average molecular weight is 280 g/mol. The third-order valence-electron chi connectivity index (χ3n) is 4.02. The van der Waals surface area contributed by atoms with Crippen LogP contribution in [0.3, 0.4) is 0 Å². The SMILES string of the molecule is CNCC(=O)c1ccc(N2CCc3ccccc3C2)cc1. The molecule has 21 heavy (non-hydrogen) atoms. The number of ketones is 1. The Balaban J connectivity index is 1.75. The number of carbonyl (C=O) groups is 1. The molecule has 0 amide bonds. The van der Waals surface area contributed by atoms with Crippen molar-refractivity contribution in [3.8, 4) is 0 Å². The highest BCUT2D eigenvalue weighted by molar-refractivity contribution is 5.97. The topological polar surface area (TPSA) is 32.3 Å². The van der Waals surface area contributed by atoms with Gasteiger partial charge >= 0.3 is 0 Å². The molecule has 0 unspecified atom stereocenters. The van der Waals surface area contributed by atoms with Crippen LogP contribution in [0.5, 0.6) is 0 Å². The fraction of sp³-hybridized carbons (Fsp3) is 0.278. The van der Waals surface area contributed by atoms with Crippen LogP contribution in [0.1, 0.15) is 21.5 Å². The van der Waals surface area contributed by atoms with Crippen LogP contribution < -0.4 is 10.2 Å². The smallest absolute Gasteiger partial charge is 0.176 e. The number of carbonyl (C=O) groups excluding carboxylic acids is 1. The van der Waals surface area contributed by atoms with Gasteiger partial charge in [-0.25, -0.2) is 0 Å². The summed E-state index contributed by atoms with van der Waals surface area (Å²) in [5, 5.41) is 2.89. The first-order valence-electron chi connectivity index (χ1n) is 7.37. The molecule has 1 aliphatic rings. The number of anilines is 1. The molecule has 0 aliphatic carbocycles. The molecule has 0 radical (unpaired) electrons. The molecule has 3 rings (SSSR count). The average Bonchev–Trinajstić information content (AvgIpc) is 2.55. The van der Waals surface area contributed by atoms with E-state index in [0.717, 1.165) is 25.1 Å². The second-order valence-corrected chi connectivity index (χ2v) is 5.44. The summed E-state index contributed by atoms with van der Waals surface area (Å²) < 4.78 is 0. The molecule has 1 aliphatic heterocycles. The van der Waals surface area contributed by atoms with Gasteiger partial charge in [0.25, 0.3) is 0 Å². The molecule has 2 aromatic carbocycles. The molecular weight excluding hydrogens is 260 g/mol. The Morgan fingerprint density at radius 2 is 1.81 bits per heavy atom. The van der Waals surface area contributed by atoms with Crippen molar-refractivity contribution in [2.45, 2.75) is 13.0 Å². The Morgan fingerprint density at radius 1 is 1.10 bits per heavy atom. The second kappa shape index (κ2) is 6.10. The maximum Gasteiger partial charge on any atom is 0.176 e. The van der Waals surface area contributed by atoms with Crippen molar-refractivity contribution in [2.75, 3.05) is 25.0 Å². The Hall–Kier alpha value is -2.13. The van der Waals surface area contributed by atoms with Crippen LogP contribution in [-0.4, -0.2) is 25.9 Å². The van der Waals surface area contributed by atoms with Gasteiger partial charge in [0.05, 0.1) is 6.54 Å². The van der Waals surface area contributed by atoms with Crippen LogP contribution in [-0.2, 0) is 13.0 Å². The van der Waals surface area contributed by atoms with Gasteiger partial charge in [-0.2, -0.15) is 0 Å². The number of Topliss-reactive ketones (excluding diaryl/α,β-unsaturated/α-hetero) is 1. The van der Waals surface area contributed by atoms with Crippen molar-refractivity contribution in [1.29, 1.82) is 0 Å².